The van der Waals surface area contributed by atoms with Gasteiger partial charge in [-0.1, -0.05) is 20.8 Å². The smallest absolute Gasteiger partial charge is 0.166 e. The van der Waals surface area contributed by atoms with Crippen molar-refractivity contribution in [2.75, 3.05) is 0 Å². The maximum atomic E-state index is 12.2. The molecule has 0 saturated heterocycles. The molecule has 0 unspecified atom stereocenters. The Kier molecular flexibility index (Phi) is 4.94. The molecule has 5 heteroatoms. The lowest BCUT2D eigenvalue weighted by Crippen LogP contribution is -2.11. The Morgan fingerprint density at radius 1 is 1.24 bits per heavy atom. The lowest BCUT2D eigenvalue weighted by molar-refractivity contribution is 0.0986. The van der Waals surface area contributed by atoms with Crippen LogP contribution in [0.5, 0.6) is 0 Å². The van der Waals surface area contributed by atoms with Gasteiger partial charge in [-0.15, -0.1) is 0 Å². The third-order valence-corrected chi connectivity index (χ3v) is 3.90. The third kappa shape index (κ3) is 3.06. The highest BCUT2D eigenvalue weighted by Crippen LogP contribution is 2.19. The van der Waals surface area contributed by atoms with Crippen molar-refractivity contribution in [3.63, 3.8) is 0 Å². The zero-order valence-corrected chi connectivity index (χ0v) is 13.4. The molecule has 0 N–H and O–H groups in total. The van der Waals surface area contributed by atoms with Crippen LogP contribution in [0.4, 0.5) is 0 Å². The third-order valence-electron chi connectivity index (χ3n) is 3.90. The normalized spacial score (nSPS) is 11.0. The minimum atomic E-state index is 0.204. The Labute approximate surface area is 126 Å². The largest absolute Gasteiger partial charge is 0.294 e. The SMILES string of the molecule is CCC(=O)c1c(CC)nn(CCc2ccnn2C)c1CC. The van der Waals surface area contributed by atoms with Crippen molar-refractivity contribution in [2.24, 2.45) is 7.05 Å². The molecule has 0 aromatic carbocycles. The maximum Gasteiger partial charge on any atom is 0.166 e. The second kappa shape index (κ2) is 6.70. The highest BCUT2D eigenvalue weighted by atomic mass is 16.1. The van der Waals surface area contributed by atoms with Gasteiger partial charge in [-0.25, -0.2) is 0 Å². The number of carbonyl (C=O) groups is 1. The van der Waals surface area contributed by atoms with Crippen molar-refractivity contribution in [1.82, 2.24) is 19.6 Å². The van der Waals surface area contributed by atoms with Crippen LogP contribution >= 0.6 is 0 Å². The van der Waals surface area contributed by atoms with E-state index in [0.717, 1.165) is 42.8 Å². The van der Waals surface area contributed by atoms with Crippen LogP contribution in [0.1, 0.15) is 54.6 Å². The number of nitrogens with zero attached hydrogens (tertiary/aromatic N) is 4. The summed E-state index contributed by atoms with van der Waals surface area (Å²) in [4.78, 5) is 12.2. The van der Waals surface area contributed by atoms with Gasteiger partial charge in [0, 0.05) is 44.0 Å². The van der Waals surface area contributed by atoms with E-state index in [4.69, 9.17) is 0 Å². The lowest BCUT2D eigenvalue weighted by atomic mass is 10.0. The summed E-state index contributed by atoms with van der Waals surface area (Å²) in [5.41, 5.74) is 4.03. The van der Waals surface area contributed by atoms with E-state index in [1.165, 1.54) is 5.69 Å². The van der Waals surface area contributed by atoms with Crippen LogP contribution in [0.3, 0.4) is 0 Å². The van der Waals surface area contributed by atoms with Gasteiger partial charge in [0.05, 0.1) is 11.3 Å². The van der Waals surface area contributed by atoms with Gasteiger partial charge in [0.1, 0.15) is 0 Å². The first-order valence-electron chi connectivity index (χ1n) is 7.70. The predicted octanol–water partition coefficient (Wildman–Crippen LogP) is 2.58. The fourth-order valence-electron chi connectivity index (χ4n) is 2.71. The van der Waals surface area contributed by atoms with Crippen molar-refractivity contribution < 1.29 is 4.79 Å². The average molecular weight is 288 g/mol. The van der Waals surface area contributed by atoms with Crippen LogP contribution in [-0.4, -0.2) is 25.3 Å². The van der Waals surface area contributed by atoms with Crippen LogP contribution in [0.25, 0.3) is 0 Å². The average Bonchev–Trinajstić information content (AvgIpc) is 3.06. The molecule has 0 aliphatic rings. The Hall–Kier alpha value is -1.91. The molecule has 0 atom stereocenters. The summed E-state index contributed by atoms with van der Waals surface area (Å²) in [6.45, 7) is 6.84. The van der Waals surface area contributed by atoms with Gasteiger partial charge in [0.25, 0.3) is 0 Å². The summed E-state index contributed by atoms with van der Waals surface area (Å²) in [5.74, 6) is 0.204. The second-order valence-corrected chi connectivity index (χ2v) is 5.17. The number of ketones is 1. The maximum absolute atomic E-state index is 12.2. The number of aromatic nitrogens is 4. The molecule has 0 aliphatic carbocycles. The van der Waals surface area contributed by atoms with Crippen LogP contribution in [0.2, 0.25) is 0 Å². The van der Waals surface area contributed by atoms with Crippen molar-refractivity contribution in [3.05, 3.63) is 34.9 Å². The molecule has 0 amide bonds. The fourth-order valence-corrected chi connectivity index (χ4v) is 2.71. The second-order valence-electron chi connectivity index (χ2n) is 5.17. The van der Waals surface area contributed by atoms with Crippen molar-refractivity contribution in [3.8, 4) is 0 Å². The summed E-state index contributed by atoms with van der Waals surface area (Å²) >= 11 is 0. The summed E-state index contributed by atoms with van der Waals surface area (Å²) in [6, 6.07) is 2.02. The van der Waals surface area contributed by atoms with Gasteiger partial charge in [0.2, 0.25) is 0 Å². The van der Waals surface area contributed by atoms with E-state index in [9.17, 15) is 4.79 Å². The summed E-state index contributed by atoms with van der Waals surface area (Å²) < 4.78 is 3.89. The first-order valence-corrected chi connectivity index (χ1v) is 7.70. The van der Waals surface area contributed by atoms with Crippen LogP contribution in [0.15, 0.2) is 12.3 Å². The van der Waals surface area contributed by atoms with Gasteiger partial charge in [-0.3, -0.25) is 14.2 Å². The Morgan fingerprint density at radius 2 is 2.00 bits per heavy atom. The van der Waals surface area contributed by atoms with Gasteiger partial charge < -0.3 is 0 Å². The molecular formula is C16H24N4O. The quantitative estimate of drug-likeness (QED) is 0.736. The van der Waals surface area contributed by atoms with Crippen molar-refractivity contribution in [1.29, 1.82) is 0 Å². The number of carbonyl (C=O) groups excluding carboxylic acids is 1. The van der Waals surface area contributed by atoms with E-state index in [1.807, 2.05) is 35.6 Å². The highest BCUT2D eigenvalue weighted by Gasteiger charge is 2.20. The molecule has 21 heavy (non-hydrogen) atoms. The number of rotatable bonds is 7. The molecule has 2 aromatic heterocycles. The standard InChI is InChI=1S/C16H24N4O/c1-5-13-16(15(21)7-3)14(6-2)20(18-13)11-9-12-8-10-17-19(12)4/h8,10H,5-7,9,11H2,1-4H3. The monoisotopic (exact) mass is 288 g/mol. The van der Waals surface area contributed by atoms with Gasteiger partial charge in [-0.2, -0.15) is 10.2 Å². The van der Waals surface area contributed by atoms with Gasteiger partial charge in [-0.05, 0) is 18.9 Å². The van der Waals surface area contributed by atoms with E-state index in [1.54, 1.807) is 0 Å². The summed E-state index contributed by atoms with van der Waals surface area (Å²) in [5, 5.41) is 8.85. The zero-order chi connectivity index (χ0) is 15.4. The molecule has 0 radical (unpaired) electrons. The van der Waals surface area contributed by atoms with Crippen molar-refractivity contribution in [2.45, 2.75) is 53.0 Å². The predicted molar refractivity (Wildman–Crippen MR) is 82.5 cm³/mol. The minimum Gasteiger partial charge on any atom is -0.294 e. The molecule has 0 saturated carbocycles. The number of aryl methyl sites for hydroxylation is 4. The molecule has 2 rings (SSSR count). The molecule has 2 heterocycles. The zero-order valence-electron chi connectivity index (χ0n) is 13.4. The molecule has 0 aliphatic heterocycles. The Bertz CT molecular complexity index is 624. The summed E-state index contributed by atoms with van der Waals surface area (Å²) in [6.07, 6.45) is 4.84. The molecule has 0 fully saturated rings. The van der Waals surface area contributed by atoms with Gasteiger partial charge in [0.15, 0.2) is 5.78 Å². The topological polar surface area (TPSA) is 52.7 Å². The van der Waals surface area contributed by atoms with Crippen LogP contribution < -0.4 is 0 Å². The molecule has 0 bridgehead atoms. The van der Waals surface area contributed by atoms with E-state index < -0.39 is 0 Å². The lowest BCUT2D eigenvalue weighted by Gasteiger charge is -2.07. The van der Waals surface area contributed by atoms with Crippen LogP contribution in [-0.2, 0) is 32.9 Å². The Balaban J connectivity index is 2.29. The van der Waals surface area contributed by atoms with Crippen LogP contribution in [0, 0.1) is 0 Å². The molecule has 114 valence electrons. The van der Waals surface area contributed by atoms with E-state index in [0.29, 0.717) is 6.42 Å². The number of hydrogen-bond acceptors (Lipinski definition) is 3. The minimum absolute atomic E-state index is 0.204. The molecule has 2 aromatic rings. The molecular weight excluding hydrogens is 264 g/mol. The highest BCUT2D eigenvalue weighted by molar-refractivity contribution is 5.98. The Morgan fingerprint density at radius 3 is 2.52 bits per heavy atom. The van der Waals surface area contributed by atoms with E-state index >= 15 is 0 Å². The first kappa shape index (κ1) is 15.5. The number of Topliss-reactive ketones (excluding diaryl/α,β-unsaturated/α-hetero) is 1. The van der Waals surface area contributed by atoms with E-state index in [2.05, 4.69) is 24.0 Å². The molecule has 5 nitrogen and oxygen atoms in total. The summed E-state index contributed by atoms with van der Waals surface area (Å²) in [7, 11) is 1.95. The van der Waals surface area contributed by atoms with Crippen molar-refractivity contribution >= 4 is 5.78 Å². The number of hydrogen-bond donors (Lipinski definition) is 0. The van der Waals surface area contributed by atoms with Gasteiger partial charge >= 0.3 is 0 Å². The van der Waals surface area contributed by atoms with E-state index in [-0.39, 0.29) is 5.78 Å². The fraction of sp³-hybridized carbons (Fsp3) is 0.562. The molecule has 0 spiro atoms. The first-order chi connectivity index (χ1) is 10.1.